The van der Waals surface area contributed by atoms with Crippen LogP contribution in [0, 0.1) is 5.82 Å². The van der Waals surface area contributed by atoms with E-state index in [-0.39, 0.29) is 5.56 Å². The second-order valence-electron chi connectivity index (χ2n) is 3.09. The molecule has 0 aliphatic heterocycles. The summed E-state index contributed by atoms with van der Waals surface area (Å²) in [6.07, 6.45) is -4.83. The van der Waals surface area contributed by atoms with Gasteiger partial charge in [-0.2, -0.15) is 13.2 Å². The van der Waals surface area contributed by atoms with E-state index in [2.05, 4.69) is 0 Å². The van der Waals surface area contributed by atoms with Gasteiger partial charge in [0, 0.05) is 0 Å². The molecule has 0 saturated carbocycles. The Balaban J connectivity index is 2.76. The molecule has 0 spiro atoms. The van der Waals surface area contributed by atoms with Crippen LogP contribution in [0.4, 0.5) is 17.6 Å². The van der Waals surface area contributed by atoms with Gasteiger partial charge in [0.05, 0.1) is 0 Å². The maximum absolute atomic E-state index is 12.7. The van der Waals surface area contributed by atoms with Gasteiger partial charge in [0.1, 0.15) is 11.9 Å². The van der Waals surface area contributed by atoms with Crippen LogP contribution in [0.5, 0.6) is 0 Å². The van der Waals surface area contributed by atoms with E-state index >= 15 is 0 Å². The van der Waals surface area contributed by atoms with Crippen LogP contribution in [0.25, 0.3) is 0 Å². The van der Waals surface area contributed by atoms with Gasteiger partial charge in [0.25, 0.3) is 0 Å². The van der Waals surface area contributed by atoms with Gasteiger partial charge in [-0.1, -0.05) is 12.1 Å². The fraction of sp³-hybridized carbons (Fsp3) is 0.333. The molecule has 0 heterocycles. The molecule has 1 unspecified atom stereocenters. The first-order valence-electron chi connectivity index (χ1n) is 4.21. The van der Waals surface area contributed by atoms with Gasteiger partial charge in [-0.15, -0.1) is 0 Å². The number of rotatable bonds is 3. The highest BCUT2D eigenvalue weighted by Crippen LogP contribution is 2.22. The monoisotopic (exact) mass is 222 g/mol. The van der Waals surface area contributed by atoms with E-state index in [1.165, 1.54) is 18.2 Å². The van der Waals surface area contributed by atoms with Gasteiger partial charge < -0.3 is 0 Å². The third kappa shape index (κ3) is 3.49. The van der Waals surface area contributed by atoms with Crippen molar-refractivity contribution in [3.8, 4) is 0 Å². The smallest absolute Gasteiger partial charge is 0.271 e. The minimum atomic E-state index is -4.44. The maximum Gasteiger partial charge on any atom is 0.405 e. The van der Waals surface area contributed by atoms with Crippen LogP contribution in [0.1, 0.15) is 5.56 Å². The molecule has 0 aromatic heterocycles. The van der Waals surface area contributed by atoms with Gasteiger partial charge in [-0.3, -0.25) is 5.84 Å². The Morgan fingerprint density at radius 2 is 2.00 bits per heavy atom. The summed E-state index contributed by atoms with van der Waals surface area (Å²) in [6, 6.07) is 3.13. The highest BCUT2D eigenvalue weighted by Gasteiger charge is 2.38. The molecule has 0 radical (unpaired) electrons. The van der Waals surface area contributed by atoms with Gasteiger partial charge in [-0.25, -0.2) is 9.82 Å². The van der Waals surface area contributed by atoms with E-state index in [0.29, 0.717) is 0 Å². The van der Waals surface area contributed by atoms with Gasteiger partial charge in [0.2, 0.25) is 0 Å². The summed E-state index contributed by atoms with van der Waals surface area (Å²) in [7, 11) is 0. The molecule has 1 aromatic rings. The van der Waals surface area contributed by atoms with Crippen LogP contribution in [0.3, 0.4) is 0 Å². The minimum Gasteiger partial charge on any atom is -0.271 e. The number of nitrogens with one attached hydrogen (secondary N) is 1. The van der Waals surface area contributed by atoms with Crippen molar-refractivity contribution in [2.45, 2.75) is 18.6 Å². The van der Waals surface area contributed by atoms with E-state index in [1.54, 1.807) is 5.43 Å². The summed E-state index contributed by atoms with van der Waals surface area (Å²) < 4.78 is 49.5. The topological polar surface area (TPSA) is 38.0 Å². The molecule has 1 atom stereocenters. The maximum atomic E-state index is 12.7. The van der Waals surface area contributed by atoms with Crippen LogP contribution in [0.2, 0.25) is 0 Å². The van der Waals surface area contributed by atoms with Crippen molar-refractivity contribution >= 4 is 0 Å². The minimum absolute atomic E-state index is 0.246. The summed E-state index contributed by atoms with van der Waals surface area (Å²) in [5, 5.41) is 0. The number of halogens is 4. The molecular formula is C9H10F4N2. The summed E-state index contributed by atoms with van der Waals surface area (Å²) in [6.45, 7) is 0. The zero-order chi connectivity index (χ0) is 11.5. The number of hydrazine groups is 1. The largest absolute Gasteiger partial charge is 0.405 e. The lowest BCUT2D eigenvalue weighted by Gasteiger charge is -2.19. The van der Waals surface area contributed by atoms with E-state index < -0.39 is 24.5 Å². The standard InChI is InChI=1S/C9H10F4N2/c10-7-3-1-2-6(4-7)5-8(15-14)9(11,12)13/h1-4,8,15H,5,14H2. The van der Waals surface area contributed by atoms with Crippen LogP contribution >= 0.6 is 0 Å². The SMILES string of the molecule is NNC(Cc1cccc(F)c1)C(F)(F)F. The molecule has 0 saturated heterocycles. The normalized spacial score (nSPS) is 13.9. The van der Waals surface area contributed by atoms with Crippen molar-refractivity contribution in [1.29, 1.82) is 0 Å². The highest BCUT2D eigenvalue weighted by atomic mass is 19.4. The van der Waals surface area contributed by atoms with Crippen molar-refractivity contribution in [2.24, 2.45) is 5.84 Å². The third-order valence-corrected chi connectivity index (χ3v) is 1.93. The van der Waals surface area contributed by atoms with Crippen LogP contribution in [-0.2, 0) is 6.42 Å². The first-order valence-corrected chi connectivity index (χ1v) is 4.21. The Hall–Kier alpha value is -1.14. The number of benzene rings is 1. The number of nitrogens with two attached hydrogens (primary N) is 1. The van der Waals surface area contributed by atoms with E-state index in [0.717, 1.165) is 6.07 Å². The van der Waals surface area contributed by atoms with E-state index in [1.807, 2.05) is 0 Å². The molecule has 2 nitrogen and oxygen atoms in total. The number of alkyl halides is 3. The lowest BCUT2D eigenvalue weighted by Crippen LogP contribution is -2.47. The predicted octanol–water partition coefficient (Wildman–Crippen LogP) is 1.76. The van der Waals surface area contributed by atoms with Gasteiger partial charge in [-0.05, 0) is 24.1 Å². The molecule has 3 N–H and O–H groups in total. The number of hydrogen-bond acceptors (Lipinski definition) is 2. The average molecular weight is 222 g/mol. The molecule has 1 rings (SSSR count). The fourth-order valence-electron chi connectivity index (χ4n) is 1.17. The molecule has 0 aliphatic carbocycles. The van der Waals surface area contributed by atoms with Crippen LogP contribution in [0.15, 0.2) is 24.3 Å². The predicted molar refractivity (Wildman–Crippen MR) is 47.3 cm³/mol. The summed E-state index contributed by atoms with van der Waals surface area (Å²) in [5.41, 5.74) is 1.91. The zero-order valence-electron chi connectivity index (χ0n) is 7.68. The molecule has 15 heavy (non-hydrogen) atoms. The Bertz CT molecular complexity index is 324. The quantitative estimate of drug-likeness (QED) is 0.464. The van der Waals surface area contributed by atoms with Crippen LogP contribution in [-0.4, -0.2) is 12.2 Å². The van der Waals surface area contributed by atoms with Crippen molar-refractivity contribution in [2.75, 3.05) is 0 Å². The summed E-state index contributed by atoms with van der Waals surface area (Å²) in [4.78, 5) is 0. The number of hydrogen-bond donors (Lipinski definition) is 2. The Morgan fingerprint density at radius 3 is 2.47 bits per heavy atom. The highest BCUT2D eigenvalue weighted by molar-refractivity contribution is 5.17. The second-order valence-corrected chi connectivity index (χ2v) is 3.09. The second kappa shape index (κ2) is 4.59. The molecule has 0 fully saturated rings. The first-order chi connectivity index (χ1) is 6.93. The molecule has 6 heteroatoms. The summed E-state index contributed by atoms with van der Waals surface area (Å²) >= 11 is 0. The third-order valence-electron chi connectivity index (χ3n) is 1.93. The molecule has 84 valence electrons. The Labute approximate surface area is 84.0 Å². The van der Waals surface area contributed by atoms with Crippen molar-refractivity contribution in [3.63, 3.8) is 0 Å². The van der Waals surface area contributed by atoms with E-state index in [9.17, 15) is 17.6 Å². The molecule has 0 amide bonds. The molecule has 1 aromatic carbocycles. The van der Waals surface area contributed by atoms with Crippen molar-refractivity contribution < 1.29 is 17.6 Å². The Kier molecular flexibility index (Phi) is 3.65. The lowest BCUT2D eigenvalue weighted by molar-refractivity contribution is -0.155. The molecule has 0 aliphatic rings. The van der Waals surface area contributed by atoms with Crippen molar-refractivity contribution in [1.82, 2.24) is 5.43 Å². The molecule has 0 bridgehead atoms. The summed E-state index contributed by atoms with van der Waals surface area (Å²) in [5.74, 6) is 4.22. The molecular weight excluding hydrogens is 212 g/mol. The van der Waals surface area contributed by atoms with E-state index in [4.69, 9.17) is 5.84 Å². The fourth-order valence-corrected chi connectivity index (χ4v) is 1.17. The van der Waals surface area contributed by atoms with Gasteiger partial charge in [0.15, 0.2) is 0 Å². The van der Waals surface area contributed by atoms with Gasteiger partial charge >= 0.3 is 6.18 Å². The first kappa shape index (κ1) is 11.9. The van der Waals surface area contributed by atoms with Crippen molar-refractivity contribution in [3.05, 3.63) is 35.6 Å². The lowest BCUT2D eigenvalue weighted by atomic mass is 10.1. The van der Waals surface area contributed by atoms with Crippen LogP contribution < -0.4 is 11.3 Å². The Morgan fingerprint density at radius 1 is 1.33 bits per heavy atom. The zero-order valence-corrected chi connectivity index (χ0v) is 7.68. The average Bonchev–Trinajstić information content (AvgIpc) is 2.12.